The maximum atomic E-state index is 12.1. The molecule has 5 nitrogen and oxygen atoms in total. The molecule has 1 amide bonds. The van der Waals surface area contributed by atoms with Crippen LogP contribution in [0.3, 0.4) is 0 Å². The van der Waals surface area contributed by atoms with E-state index < -0.39 is 5.91 Å². The van der Waals surface area contributed by atoms with Crippen LogP contribution >= 0.6 is 27.5 Å². The third kappa shape index (κ3) is 4.63. The van der Waals surface area contributed by atoms with Crippen LogP contribution in [0.5, 0.6) is 11.5 Å². The van der Waals surface area contributed by atoms with Crippen molar-refractivity contribution in [3.63, 3.8) is 0 Å². The number of nitrogens with zero attached hydrogens (tertiary/aromatic N) is 1. The minimum Gasteiger partial charge on any atom is -0.491 e. The first-order valence-electron chi connectivity index (χ1n) is 7.08. The summed E-state index contributed by atoms with van der Waals surface area (Å²) in [5, 5.41) is 12.2. The Bertz CT molecular complexity index is 790. The van der Waals surface area contributed by atoms with Crippen LogP contribution in [-0.4, -0.2) is 19.1 Å². The molecular weight excluding hydrogens is 396 g/mol. The molecule has 2 aromatic rings. The van der Waals surface area contributed by atoms with Gasteiger partial charge in [0.25, 0.3) is 5.91 Å². The molecule has 0 spiro atoms. The van der Waals surface area contributed by atoms with Gasteiger partial charge in [-0.15, -0.1) is 0 Å². The van der Waals surface area contributed by atoms with Crippen molar-refractivity contribution < 1.29 is 14.3 Å². The molecule has 1 N–H and O–H groups in total. The molecule has 0 aliphatic rings. The van der Waals surface area contributed by atoms with Crippen LogP contribution in [-0.2, 0) is 4.79 Å². The highest BCUT2D eigenvalue weighted by Gasteiger charge is 2.14. The number of carbonyl (C=O) groups is 1. The van der Waals surface area contributed by atoms with E-state index in [4.69, 9.17) is 26.3 Å². The van der Waals surface area contributed by atoms with Crippen molar-refractivity contribution in [1.29, 1.82) is 5.26 Å². The summed E-state index contributed by atoms with van der Waals surface area (Å²) in [6.45, 7) is 2.04. The number of benzene rings is 2. The minimum absolute atomic E-state index is 0.242. The maximum absolute atomic E-state index is 12.1. The van der Waals surface area contributed by atoms with Gasteiger partial charge in [0, 0.05) is 5.02 Å². The van der Waals surface area contributed by atoms with E-state index in [0.717, 1.165) is 0 Å². The molecular formula is C17H14BrClN2O3. The monoisotopic (exact) mass is 408 g/mol. The lowest BCUT2D eigenvalue weighted by Gasteiger charge is -2.14. The Hall–Kier alpha value is -2.23. The molecule has 0 aromatic heterocycles. The van der Waals surface area contributed by atoms with Crippen LogP contribution < -0.4 is 14.8 Å². The summed E-state index contributed by atoms with van der Waals surface area (Å²) < 4.78 is 11.6. The molecule has 0 unspecified atom stereocenters. The number of ether oxygens (including phenoxy) is 2. The first kappa shape index (κ1) is 18.1. The smallest absolute Gasteiger partial charge is 0.262 e. The van der Waals surface area contributed by atoms with Gasteiger partial charge in [0.2, 0.25) is 0 Å². The highest BCUT2D eigenvalue weighted by Crippen LogP contribution is 2.36. The normalized spacial score (nSPS) is 9.92. The second kappa shape index (κ2) is 8.57. The van der Waals surface area contributed by atoms with E-state index in [0.29, 0.717) is 38.9 Å². The number of para-hydroxylation sites is 1. The van der Waals surface area contributed by atoms with Gasteiger partial charge in [-0.2, -0.15) is 5.26 Å². The van der Waals surface area contributed by atoms with Crippen molar-refractivity contribution in [2.45, 2.75) is 6.92 Å². The Morgan fingerprint density at radius 3 is 2.79 bits per heavy atom. The van der Waals surface area contributed by atoms with Crippen LogP contribution in [0.2, 0.25) is 5.02 Å². The van der Waals surface area contributed by atoms with Crippen molar-refractivity contribution in [2.75, 3.05) is 18.5 Å². The Kier molecular flexibility index (Phi) is 6.47. The fraction of sp³-hybridized carbons (Fsp3) is 0.176. The van der Waals surface area contributed by atoms with E-state index in [9.17, 15) is 4.79 Å². The van der Waals surface area contributed by atoms with Gasteiger partial charge in [0.05, 0.1) is 22.3 Å². The highest BCUT2D eigenvalue weighted by atomic mass is 79.9. The van der Waals surface area contributed by atoms with Crippen LogP contribution in [0.25, 0.3) is 0 Å². The molecule has 124 valence electrons. The summed E-state index contributed by atoms with van der Waals surface area (Å²) in [4.78, 5) is 12.1. The van der Waals surface area contributed by atoms with Gasteiger partial charge in [0.15, 0.2) is 12.4 Å². The quantitative estimate of drug-likeness (QED) is 0.768. The largest absolute Gasteiger partial charge is 0.491 e. The third-order valence-corrected chi connectivity index (χ3v) is 3.74. The van der Waals surface area contributed by atoms with Crippen molar-refractivity contribution in [3.8, 4) is 17.6 Å². The summed E-state index contributed by atoms with van der Waals surface area (Å²) in [6, 6.07) is 12.0. The van der Waals surface area contributed by atoms with Gasteiger partial charge in [0.1, 0.15) is 11.8 Å². The van der Waals surface area contributed by atoms with E-state index in [1.165, 1.54) is 0 Å². The molecule has 0 bridgehead atoms. The molecule has 0 fully saturated rings. The van der Waals surface area contributed by atoms with E-state index in [-0.39, 0.29) is 6.61 Å². The van der Waals surface area contributed by atoms with Crippen LogP contribution in [0, 0.1) is 11.3 Å². The van der Waals surface area contributed by atoms with Gasteiger partial charge in [-0.1, -0.05) is 23.7 Å². The average Bonchev–Trinajstić information content (AvgIpc) is 2.56. The lowest BCUT2D eigenvalue weighted by atomic mass is 10.2. The van der Waals surface area contributed by atoms with E-state index in [1.807, 2.05) is 13.0 Å². The van der Waals surface area contributed by atoms with Gasteiger partial charge >= 0.3 is 0 Å². The second-order valence-electron chi connectivity index (χ2n) is 4.64. The number of nitrogens with one attached hydrogen (secondary N) is 1. The minimum atomic E-state index is -0.391. The first-order chi connectivity index (χ1) is 11.5. The number of rotatable bonds is 6. The summed E-state index contributed by atoms with van der Waals surface area (Å²) in [6.07, 6.45) is 0. The van der Waals surface area contributed by atoms with Gasteiger partial charge in [-0.25, -0.2) is 0 Å². The third-order valence-electron chi connectivity index (χ3n) is 2.94. The number of nitriles is 1. The van der Waals surface area contributed by atoms with Crippen LogP contribution in [0.15, 0.2) is 40.9 Å². The number of halogens is 2. The molecule has 0 atom stereocenters. The van der Waals surface area contributed by atoms with Gasteiger partial charge in [-0.05, 0) is 47.1 Å². The molecule has 2 rings (SSSR count). The highest BCUT2D eigenvalue weighted by molar-refractivity contribution is 9.10. The topological polar surface area (TPSA) is 71.3 Å². The van der Waals surface area contributed by atoms with Crippen LogP contribution in [0.4, 0.5) is 5.69 Å². The van der Waals surface area contributed by atoms with E-state index in [1.54, 1.807) is 36.4 Å². The van der Waals surface area contributed by atoms with Gasteiger partial charge in [-0.3, -0.25) is 4.79 Å². The molecule has 0 radical (unpaired) electrons. The number of amides is 1. The van der Waals surface area contributed by atoms with E-state index >= 15 is 0 Å². The fourth-order valence-corrected chi connectivity index (χ4v) is 2.88. The predicted octanol–water partition coefficient (Wildman–Crippen LogP) is 4.39. The molecule has 0 heterocycles. The molecule has 0 aliphatic carbocycles. The Morgan fingerprint density at radius 1 is 1.33 bits per heavy atom. The molecule has 0 aliphatic heterocycles. The second-order valence-corrected chi connectivity index (χ2v) is 5.93. The maximum Gasteiger partial charge on any atom is 0.262 e. The number of carbonyl (C=O) groups excluding carboxylic acids is 1. The molecule has 24 heavy (non-hydrogen) atoms. The fourth-order valence-electron chi connectivity index (χ4n) is 1.96. The zero-order valence-electron chi connectivity index (χ0n) is 12.8. The average molecular weight is 410 g/mol. The molecule has 0 saturated carbocycles. The zero-order chi connectivity index (χ0) is 17.5. The molecule has 2 aromatic carbocycles. The summed E-state index contributed by atoms with van der Waals surface area (Å²) >= 11 is 9.37. The number of hydrogen-bond donors (Lipinski definition) is 1. The first-order valence-corrected chi connectivity index (χ1v) is 8.25. The van der Waals surface area contributed by atoms with Gasteiger partial charge < -0.3 is 14.8 Å². The Morgan fingerprint density at radius 2 is 2.08 bits per heavy atom. The van der Waals surface area contributed by atoms with E-state index in [2.05, 4.69) is 21.2 Å². The zero-order valence-corrected chi connectivity index (χ0v) is 15.1. The molecule has 7 heteroatoms. The standard InChI is InChI=1S/C17H14BrClN2O3/c1-2-23-17-13(18)7-12(19)8-14(17)21-16(22)10-24-15-6-4-3-5-11(15)9-20/h3-8H,2,10H2,1H3,(H,21,22). The number of anilines is 1. The van der Waals surface area contributed by atoms with Crippen molar-refractivity contribution in [2.24, 2.45) is 0 Å². The lowest BCUT2D eigenvalue weighted by molar-refractivity contribution is -0.118. The Balaban J connectivity index is 2.09. The molecule has 0 saturated heterocycles. The predicted molar refractivity (Wildman–Crippen MR) is 95.6 cm³/mol. The van der Waals surface area contributed by atoms with Crippen molar-refractivity contribution in [1.82, 2.24) is 0 Å². The SMILES string of the molecule is CCOc1c(Br)cc(Cl)cc1NC(=O)COc1ccccc1C#N. The Labute approximate surface area is 153 Å². The van der Waals surface area contributed by atoms with Crippen molar-refractivity contribution in [3.05, 3.63) is 51.5 Å². The van der Waals surface area contributed by atoms with Crippen molar-refractivity contribution >= 4 is 39.1 Å². The number of hydrogen-bond acceptors (Lipinski definition) is 4. The summed E-state index contributed by atoms with van der Waals surface area (Å²) in [7, 11) is 0. The lowest BCUT2D eigenvalue weighted by Crippen LogP contribution is -2.21. The summed E-state index contributed by atoms with van der Waals surface area (Å²) in [5.41, 5.74) is 0.809. The van der Waals surface area contributed by atoms with Crippen LogP contribution in [0.1, 0.15) is 12.5 Å². The summed E-state index contributed by atoms with van der Waals surface area (Å²) in [5.74, 6) is 0.456.